The largest absolute Gasteiger partial charge is 0.381 e. The first-order chi connectivity index (χ1) is 6.91. The lowest BCUT2D eigenvalue weighted by molar-refractivity contribution is 0.128. The molecule has 0 bridgehead atoms. The standard InChI is InChI=1S/C12H26NO/c1-2-3-4-5-6-8-11-14-12-9-7-10-13/h5H,2-4,6-13H2,1H3. The Balaban J connectivity index is 2.78. The van der Waals surface area contributed by atoms with Gasteiger partial charge in [0.2, 0.25) is 0 Å². The van der Waals surface area contributed by atoms with E-state index in [4.69, 9.17) is 10.5 Å². The topological polar surface area (TPSA) is 35.2 Å². The van der Waals surface area contributed by atoms with Crippen LogP contribution in [-0.4, -0.2) is 19.8 Å². The van der Waals surface area contributed by atoms with E-state index in [2.05, 4.69) is 13.3 Å². The molecular weight excluding hydrogens is 174 g/mol. The minimum absolute atomic E-state index is 0.786. The summed E-state index contributed by atoms with van der Waals surface area (Å²) in [5, 5.41) is 0. The minimum atomic E-state index is 0.786. The lowest BCUT2D eigenvalue weighted by Crippen LogP contribution is -2.02. The van der Waals surface area contributed by atoms with E-state index in [1.165, 1.54) is 32.1 Å². The smallest absolute Gasteiger partial charge is 0.0466 e. The fourth-order valence-electron chi connectivity index (χ4n) is 1.27. The van der Waals surface area contributed by atoms with Crippen LogP contribution >= 0.6 is 0 Å². The molecule has 0 saturated heterocycles. The van der Waals surface area contributed by atoms with E-state index in [-0.39, 0.29) is 0 Å². The molecule has 0 aromatic heterocycles. The molecule has 85 valence electrons. The highest BCUT2D eigenvalue weighted by Gasteiger charge is 1.91. The van der Waals surface area contributed by atoms with E-state index in [0.717, 1.165) is 32.6 Å². The Hall–Kier alpha value is -0.0800. The molecule has 0 unspecified atom stereocenters. The Morgan fingerprint density at radius 2 is 1.71 bits per heavy atom. The molecule has 0 aliphatic heterocycles. The van der Waals surface area contributed by atoms with Crippen molar-refractivity contribution in [2.24, 2.45) is 5.73 Å². The van der Waals surface area contributed by atoms with Crippen molar-refractivity contribution in [3.8, 4) is 0 Å². The van der Waals surface area contributed by atoms with Gasteiger partial charge in [-0.3, -0.25) is 0 Å². The minimum Gasteiger partial charge on any atom is -0.381 e. The van der Waals surface area contributed by atoms with Gasteiger partial charge in [0.1, 0.15) is 0 Å². The highest BCUT2D eigenvalue weighted by Crippen LogP contribution is 2.03. The molecule has 0 aromatic rings. The number of rotatable bonds is 11. The molecule has 2 N–H and O–H groups in total. The SMILES string of the molecule is CCCC[CH]CCCOCCCCN. The number of hydrogen-bond acceptors (Lipinski definition) is 2. The highest BCUT2D eigenvalue weighted by atomic mass is 16.5. The molecule has 0 amide bonds. The Morgan fingerprint density at radius 1 is 1.00 bits per heavy atom. The van der Waals surface area contributed by atoms with Crippen molar-refractivity contribution in [3.05, 3.63) is 6.42 Å². The van der Waals surface area contributed by atoms with Crippen molar-refractivity contribution in [1.29, 1.82) is 0 Å². The maximum atomic E-state index is 5.47. The second-order valence-corrected chi connectivity index (χ2v) is 3.68. The van der Waals surface area contributed by atoms with Crippen LogP contribution in [0.5, 0.6) is 0 Å². The van der Waals surface area contributed by atoms with Gasteiger partial charge in [-0.25, -0.2) is 0 Å². The van der Waals surface area contributed by atoms with E-state index >= 15 is 0 Å². The van der Waals surface area contributed by atoms with Crippen molar-refractivity contribution < 1.29 is 4.74 Å². The molecule has 0 spiro atoms. The zero-order valence-electron chi connectivity index (χ0n) is 9.63. The van der Waals surface area contributed by atoms with E-state index < -0.39 is 0 Å². The fraction of sp³-hybridized carbons (Fsp3) is 0.917. The third-order valence-corrected chi connectivity index (χ3v) is 2.20. The molecule has 2 heteroatoms. The monoisotopic (exact) mass is 200 g/mol. The van der Waals surface area contributed by atoms with Gasteiger partial charge in [-0.1, -0.05) is 26.2 Å². The van der Waals surface area contributed by atoms with Gasteiger partial charge >= 0.3 is 0 Å². The molecule has 0 saturated carbocycles. The van der Waals surface area contributed by atoms with E-state index in [1.54, 1.807) is 0 Å². The predicted molar refractivity (Wildman–Crippen MR) is 62.2 cm³/mol. The summed E-state index contributed by atoms with van der Waals surface area (Å²) in [5.41, 5.74) is 5.38. The van der Waals surface area contributed by atoms with Crippen molar-refractivity contribution in [3.63, 3.8) is 0 Å². The van der Waals surface area contributed by atoms with Gasteiger partial charge < -0.3 is 10.5 Å². The summed E-state index contributed by atoms with van der Waals surface area (Å²) in [5.74, 6) is 0. The second-order valence-electron chi connectivity index (χ2n) is 3.68. The van der Waals surface area contributed by atoms with Crippen LogP contribution < -0.4 is 5.73 Å². The third kappa shape index (κ3) is 11.9. The quantitative estimate of drug-likeness (QED) is 0.520. The van der Waals surface area contributed by atoms with Gasteiger partial charge in [-0.2, -0.15) is 0 Å². The Morgan fingerprint density at radius 3 is 2.43 bits per heavy atom. The van der Waals surface area contributed by atoms with Crippen LogP contribution in [0.25, 0.3) is 0 Å². The maximum absolute atomic E-state index is 5.47. The molecule has 0 fully saturated rings. The average molecular weight is 200 g/mol. The van der Waals surface area contributed by atoms with Gasteiger partial charge in [-0.15, -0.1) is 0 Å². The van der Waals surface area contributed by atoms with Crippen molar-refractivity contribution >= 4 is 0 Å². The summed E-state index contributed by atoms with van der Waals surface area (Å²) in [7, 11) is 0. The number of nitrogens with two attached hydrogens (primary N) is 1. The summed E-state index contributed by atoms with van der Waals surface area (Å²) < 4.78 is 5.47. The Labute approximate surface area is 89.2 Å². The summed E-state index contributed by atoms with van der Waals surface area (Å²) in [6.45, 7) is 4.81. The maximum Gasteiger partial charge on any atom is 0.0466 e. The van der Waals surface area contributed by atoms with Crippen LogP contribution in [-0.2, 0) is 4.74 Å². The molecule has 14 heavy (non-hydrogen) atoms. The zero-order valence-corrected chi connectivity index (χ0v) is 9.63. The van der Waals surface area contributed by atoms with Crippen LogP contribution in [0.1, 0.15) is 51.9 Å². The third-order valence-electron chi connectivity index (χ3n) is 2.20. The summed E-state index contributed by atoms with van der Waals surface area (Å²) in [4.78, 5) is 0. The summed E-state index contributed by atoms with van der Waals surface area (Å²) in [6.07, 6.45) is 10.8. The Bertz CT molecular complexity index is 84.3. The fourth-order valence-corrected chi connectivity index (χ4v) is 1.27. The molecule has 1 radical (unpaired) electrons. The van der Waals surface area contributed by atoms with Crippen LogP contribution in [0.4, 0.5) is 0 Å². The van der Waals surface area contributed by atoms with Gasteiger partial charge in [0.15, 0.2) is 0 Å². The Kier molecular flexibility index (Phi) is 12.8. The summed E-state index contributed by atoms with van der Waals surface area (Å²) >= 11 is 0. The normalized spacial score (nSPS) is 10.7. The van der Waals surface area contributed by atoms with Crippen molar-refractivity contribution in [1.82, 2.24) is 0 Å². The number of unbranched alkanes of at least 4 members (excludes halogenated alkanes) is 6. The molecule has 0 heterocycles. The van der Waals surface area contributed by atoms with Gasteiger partial charge in [0, 0.05) is 13.2 Å². The van der Waals surface area contributed by atoms with Gasteiger partial charge in [0.05, 0.1) is 0 Å². The zero-order chi connectivity index (χ0) is 10.5. The van der Waals surface area contributed by atoms with Crippen molar-refractivity contribution in [2.75, 3.05) is 19.8 Å². The lowest BCUT2D eigenvalue weighted by Gasteiger charge is -2.03. The molecule has 0 aromatic carbocycles. The molecule has 0 rings (SSSR count). The lowest BCUT2D eigenvalue weighted by atomic mass is 10.1. The van der Waals surface area contributed by atoms with E-state index in [0.29, 0.717) is 0 Å². The van der Waals surface area contributed by atoms with E-state index in [9.17, 15) is 0 Å². The predicted octanol–water partition coefficient (Wildman–Crippen LogP) is 2.92. The first-order valence-electron chi connectivity index (χ1n) is 6.01. The molecule has 2 nitrogen and oxygen atoms in total. The second kappa shape index (κ2) is 12.9. The van der Waals surface area contributed by atoms with Crippen molar-refractivity contribution in [2.45, 2.75) is 51.9 Å². The highest BCUT2D eigenvalue weighted by molar-refractivity contribution is 4.63. The van der Waals surface area contributed by atoms with Crippen LogP contribution in [0, 0.1) is 6.42 Å². The first kappa shape index (κ1) is 13.9. The summed E-state index contributed by atoms with van der Waals surface area (Å²) in [6, 6.07) is 0. The number of ether oxygens (including phenoxy) is 1. The molecule has 0 aliphatic carbocycles. The molecular formula is C12H26NO. The van der Waals surface area contributed by atoms with E-state index in [1.807, 2.05) is 0 Å². The van der Waals surface area contributed by atoms with Crippen LogP contribution in [0.2, 0.25) is 0 Å². The van der Waals surface area contributed by atoms with Crippen LogP contribution in [0.3, 0.4) is 0 Å². The first-order valence-corrected chi connectivity index (χ1v) is 6.01. The van der Waals surface area contributed by atoms with Gasteiger partial charge in [-0.05, 0) is 38.6 Å². The molecule has 0 aliphatic rings. The molecule has 0 atom stereocenters. The number of hydrogen-bond donors (Lipinski definition) is 1. The van der Waals surface area contributed by atoms with Crippen LogP contribution in [0.15, 0.2) is 0 Å². The van der Waals surface area contributed by atoms with Gasteiger partial charge in [0.25, 0.3) is 0 Å². The average Bonchev–Trinajstić information content (AvgIpc) is 2.21.